The first-order valence-electron chi connectivity index (χ1n) is 6.32. The Morgan fingerprint density at radius 3 is 2.65 bits per heavy atom. The van der Waals surface area contributed by atoms with Crippen molar-refractivity contribution in [3.63, 3.8) is 0 Å². The number of nitrogens with one attached hydrogen (secondary N) is 1. The number of rotatable bonds is 7. The zero-order valence-electron chi connectivity index (χ0n) is 10.5. The highest BCUT2D eigenvalue weighted by molar-refractivity contribution is 5.76. The molecule has 0 spiro atoms. The normalized spacial score (nSPS) is 12.1. The van der Waals surface area contributed by atoms with Crippen LogP contribution < -0.4 is 11.1 Å². The van der Waals surface area contributed by atoms with Gasteiger partial charge in [0.25, 0.3) is 0 Å². The lowest BCUT2D eigenvalue weighted by atomic mass is 10.0. The van der Waals surface area contributed by atoms with Crippen molar-refractivity contribution in [2.45, 2.75) is 38.6 Å². The number of hydrogen-bond donors (Lipinski definition) is 2. The fraction of sp³-hybridized carbons (Fsp3) is 0.500. The molecule has 3 nitrogen and oxygen atoms in total. The van der Waals surface area contributed by atoms with E-state index in [2.05, 4.69) is 24.4 Å². The molecule has 1 amide bonds. The Labute approximate surface area is 103 Å². The Kier molecular flexibility index (Phi) is 6.33. The van der Waals surface area contributed by atoms with Crippen molar-refractivity contribution in [3.05, 3.63) is 35.9 Å². The van der Waals surface area contributed by atoms with E-state index in [1.807, 2.05) is 18.2 Å². The van der Waals surface area contributed by atoms with Crippen molar-refractivity contribution in [2.24, 2.45) is 5.73 Å². The summed E-state index contributed by atoms with van der Waals surface area (Å²) >= 11 is 0. The summed E-state index contributed by atoms with van der Waals surface area (Å²) in [5.74, 6) is 0.0951. The third kappa shape index (κ3) is 5.00. The van der Waals surface area contributed by atoms with E-state index in [-0.39, 0.29) is 11.9 Å². The molecule has 1 aromatic carbocycles. The van der Waals surface area contributed by atoms with Gasteiger partial charge in [0.2, 0.25) is 5.91 Å². The molecule has 94 valence electrons. The number of hydrogen-bond acceptors (Lipinski definition) is 2. The van der Waals surface area contributed by atoms with Crippen molar-refractivity contribution in [3.8, 4) is 0 Å². The quantitative estimate of drug-likeness (QED) is 0.761. The summed E-state index contributed by atoms with van der Waals surface area (Å²) < 4.78 is 0. The fourth-order valence-electron chi connectivity index (χ4n) is 1.83. The molecule has 0 radical (unpaired) electrons. The van der Waals surface area contributed by atoms with E-state index < -0.39 is 0 Å². The van der Waals surface area contributed by atoms with Gasteiger partial charge in [0.05, 0.1) is 6.04 Å². The first-order valence-corrected chi connectivity index (χ1v) is 6.32. The first-order chi connectivity index (χ1) is 8.27. The van der Waals surface area contributed by atoms with Crippen molar-refractivity contribution >= 4 is 5.91 Å². The van der Waals surface area contributed by atoms with E-state index in [0.717, 1.165) is 19.3 Å². The summed E-state index contributed by atoms with van der Waals surface area (Å²) in [6, 6.07) is 10.2. The highest BCUT2D eigenvalue weighted by Crippen LogP contribution is 2.18. The second kappa shape index (κ2) is 7.85. The summed E-state index contributed by atoms with van der Waals surface area (Å²) in [4.78, 5) is 11.7. The van der Waals surface area contributed by atoms with Gasteiger partial charge >= 0.3 is 0 Å². The van der Waals surface area contributed by atoms with E-state index in [1.54, 1.807) is 0 Å². The largest absolute Gasteiger partial charge is 0.349 e. The lowest BCUT2D eigenvalue weighted by molar-refractivity contribution is -0.121. The molecule has 3 heteroatoms. The molecule has 1 atom stereocenters. The van der Waals surface area contributed by atoms with Gasteiger partial charge in [-0.15, -0.1) is 0 Å². The summed E-state index contributed by atoms with van der Waals surface area (Å²) in [7, 11) is 0. The molecule has 0 saturated carbocycles. The molecule has 0 saturated heterocycles. The van der Waals surface area contributed by atoms with Crippen molar-refractivity contribution in [2.75, 3.05) is 6.54 Å². The van der Waals surface area contributed by atoms with Crippen LogP contribution in [0, 0.1) is 0 Å². The van der Waals surface area contributed by atoms with Gasteiger partial charge in [-0.05, 0) is 24.9 Å². The van der Waals surface area contributed by atoms with Gasteiger partial charge in [0.15, 0.2) is 0 Å². The van der Waals surface area contributed by atoms with E-state index >= 15 is 0 Å². The Morgan fingerprint density at radius 2 is 2.06 bits per heavy atom. The number of nitrogens with two attached hydrogens (primary N) is 1. The van der Waals surface area contributed by atoms with Crippen LogP contribution in [0.1, 0.15) is 44.2 Å². The maximum atomic E-state index is 11.7. The highest BCUT2D eigenvalue weighted by Gasteiger charge is 2.12. The Bertz CT molecular complexity index is 324. The Hall–Kier alpha value is -1.35. The number of carbonyl (C=O) groups is 1. The maximum Gasteiger partial charge on any atom is 0.220 e. The van der Waals surface area contributed by atoms with Crippen LogP contribution in [0.5, 0.6) is 0 Å². The smallest absolute Gasteiger partial charge is 0.220 e. The molecule has 1 rings (SSSR count). The standard InChI is InChI=1S/C14H22N2O/c1-2-7-13(12-8-4-3-5-9-12)16-14(17)10-6-11-15/h3-5,8-9,13H,2,6-7,10-11,15H2,1H3,(H,16,17). The van der Waals surface area contributed by atoms with E-state index in [1.165, 1.54) is 5.56 Å². The monoisotopic (exact) mass is 234 g/mol. The molecule has 0 aliphatic heterocycles. The number of benzene rings is 1. The summed E-state index contributed by atoms with van der Waals surface area (Å²) in [5.41, 5.74) is 6.57. The second-order valence-corrected chi connectivity index (χ2v) is 4.21. The summed E-state index contributed by atoms with van der Waals surface area (Å²) in [5, 5.41) is 3.07. The zero-order valence-corrected chi connectivity index (χ0v) is 10.5. The Balaban J connectivity index is 2.57. The molecule has 3 N–H and O–H groups in total. The predicted octanol–water partition coefficient (Wildman–Crippen LogP) is 2.38. The van der Waals surface area contributed by atoms with Crippen LogP contribution in [0.3, 0.4) is 0 Å². The van der Waals surface area contributed by atoms with Crippen LogP contribution in [0.2, 0.25) is 0 Å². The fourth-order valence-corrected chi connectivity index (χ4v) is 1.83. The van der Waals surface area contributed by atoms with Gasteiger partial charge in [-0.25, -0.2) is 0 Å². The van der Waals surface area contributed by atoms with Gasteiger partial charge in [0.1, 0.15) is 0 Å². The van der Waals surface area contributed by atoms with Crippen LogP contribution in [-0.2, 0) is 4.79 Å². The molecular weight excluding hydrogens is 212 g/mol. The van der Waals surface area contributed by atoms with Crippen LogP contribution in [0.4, 0.5) is 0 Å². The molecule has 1 aromatic rings. The van der Waals surface area contributed by atoms with Crippen LogP contribution in [0.25, 0.3) is 0 Å². The van der Waals surface area contributed by atoms with Crippen LogP contribution in [-0.4, -0.2) is 12.5 Å². The van der Waals surface area contributed by atoms with Crippen LogP contribution in [0.15, 0.2) is 30.3 Å². The predicted molar refractivity (Wildman–Crippen MR) is 70.5 cm³/mol. The van der Waals surface area contributed by atoms with Gasteiger partial charge in [-0.3, -0.25) is 4.79 Å². The third-order valence-electron chi connectivity index (χ3n) is 2.72. The van der Waals surface area contributed by atoms with E-state index in [4.69, 9.17) is 5.73 Å². The topological polar surface area (TPSA) is 55.1 Å². The van der Waals surface area contributed by atoms with Crippen LogP contribution >= 0.6 is 0 Å². The molecule has 0 aromatic heterocycles. The van der Waals surface area contributed by atoms with E-state index in [0.29, 0.717) is 13.0 Å². The minimum absolute atomic E-state index is 0.0951. The van der Waals surface area contributed by atoms with Crippen molar-refractivity contribution < 1.29 is 4.79 Å². The lowest BCUT2D eigenvalue weighted by Gasteiger charge is -2.18. The van der Waals surface area contributed by atoms with E-state index in [9.17, 15) is 4.79 Å². The average molecular weight is 234 g/mol. The summed E-state index contributed by atoms with van der Waals surface area (Å²) in [6.07, 6.45) is 3.29. The first kappa shape index (κ1) is 13.7. The summed E-state index contributed by atoms with van der Waals surface area (Å²) in [6.45, 7) is 2.69. The molecule has 0 aliphatic carbocycles. The van der Waals surface area contributed by atoms with Crippen molar-refractivity contribution in [1.82, 2.24) is 5.32 Å². The molecule has 17 heavy (non-hydrogen) atoms. The number of carbonyl (C=O) groups excluding carboxylic acids is 1. The third-order valence-corrected chi connectivity index (χ3v) is 2.72. The minimum Gasteiger partial charge on any atom is -0.349 e. The highest BCUT2D eigenvalue weighted by atomic mass is 16.1. The maximum absolute atomic E-state index is 11.7. The van der Waals surface area contributed by atoms with Gasteiger partial charge in [0, 0.05) is 6.42 Å². The minimum atomic E-state index is 0.0951. The van der Waals surface area contributed by atoms with Gasteiger partial charge in [-0.1, -0.05) is 43.7 Å². The molecule has 0 bridgehead atoms. The van der Waals surface area contributed by atoms with Crippen molar-refractivity contribution in [1.29, 1.82) is 0 Å². The van der Waals surface area contributed by atoms with Gasteiger partial charge < -0.3 is 11.1 Å². The molecule has 1 unspecified atom stereocenters. The second-order valence-electron chi connectivity index (χ2n) is 4.21. The zero-order chi connectivity index (χ0) is 12.5. The molecule has 0 aliphatic rings. The molecule has 0 heterocycles. The van der Waals surface area contributed by atoms with Gasteiger partial charge in [-0.2, -0.15) is 0 Å². The molecular formula is C14H22N2O. The Morgan fingerprint density at radius 1 is 1.35 bits per heavy atom. The lowest BCUT2D eigenvalue weighted by Crippen LogP contribution is -2.28. The number of amides is 1. The molecule has 0 fully saturated rings. The average Bonchev–Trinajstić information content (AvgIpc) is 2.37. The SMILES string of the molecule is CCCC(NC(=O)CCCN)c1ccccc1.